The SMILES string of the molecule is CCOC1(c2nc(CCN)cc(=O)[nH]2)CCCCCC1. The van der Waals surface area contributed by atoms with Crippen molar-refractivity contribution in [3.05, 3.63) is 27.9 Å². The predicted octanol–water partition coefficient (Wildman–Crippen LogP) is 1.86. The summed E-state index contributed by atoms with van der Waals surface area (Å²) in [6, 6.07) is 1.53. The topological polar surface area (TPSA) is 81.0 Å². The first kappa shape index (κ1) is 15.2. The molecule has 0 saturated heterocycles. The van der Waals surface area contributed by atoms with Gasteiger partial charge < -0.3 is 15.5 Å². The highest BCUT2D eigenvalue weighted by Gasteiger charge is 2.36. The molecule has 1 heterocycles. The highest BCUT2D eigenvalue weighted by Crippen LogP contribution is 2.37. The smallest absolute Gasteiger partial charge is 0.251 e. The number of nitrogens with two attached hydrogens (primary N) is 1. The van der Waals surface area contributed by atoms with Gasteiger partial charge in [-0.1, -0.05) is 25.7 Å². The average Bonchev–Trinajstić information content (AvgIpc) is 2.65. The van der Waals surface area contributed by atoms with E-state index in [2.05, 4.69) is 9.97 Å². The third-order valence-electron chi connectivity index (χ3n) is 3.96. The van der Waals surface area contributed by atoms with Crippen LogP contribution in [0.4, 0.5) is 0 Å². The van der Waals surface area contributed by atoms with Crippen molar-refractivity contribution in [3.63, 3.8) is 0 Å². The molecule has 0 bridgehead atoms. The van der Waals surface area contributed by atoms with Crippen molar-refractivity contribution in [1.29, 1.82) is 0 Å². The lowest BCUT2D eigenvalue weighted by atomic mass is 9.92. The molecule has 20 heavy (non-hydrogen) atoms. The van der Waals surface area contributed by atoms with Crippen LogP contribution in [0, 0.1) is 0 Å². The second kappa shape index (κ2) is 6.99. The summed E-state index contributed by atoms with van der Waals surface area (Å²) in [6.07, 6.45) is 7.16. The van der Waals surface area contributed by atoms with E-state index in [-0.39, 0.29) is 5.56 Å². The number of nitrogens with zero attached hydrogens (tertiary/aromatic N) is 1. The van der Waals surface area contributed by atoms with E-state index in [9.17, 15) is 4.79 Å². The van der Waals surface area contributed by atoms with Crippen LogP contribution in [0.2, 0.25) is 0 Å². The third kappa shape index (κ3) is 3.46. The molecule has 1 aromatic heterocycles. The number of ether oxygens (including phenoxy) is 1. The van der Waals surface area contributed by atoms with Crippen molar-refractivity contribution in [3.8, 4) is 0 Å². The Kier molecular flexibility index (Phi) is 5.31. The first-order valence-electron chi connectivity index (χ1n) is 7.65. The molecule has 0 unspecified atom stereocenters. The quantitative estimate of drug-likeness (QED) is 0.806. The minimum Gasteiger partial charge on any atom is -0.367 e. The van der Waals surface area contributed by atoms with Crippen LogP contribution in [0.25, 0.3) is 0 Å². The molecule has 1 aromatic rings. The molecule has 1 saturated carbocycles. The van der Waals surface area contributed by atoms with Crippen molar-refractivity contribution in [2.24, 2.45) is 5.73 Å². The third-order valence-corrected chi connectivity index (χ3v) is 3.96. The zero-order valence-corrected chi connectivity index (χ0v) is 12.3. The fourth-order valence-corrected chi connectivity index (χ4v) is 3.03. The maximum absolute atomic E-state index is 11.9. The van der Waals surface area contributed by atoms with Crippen molar-refractivity contribution in [2.75, 3.05) is 13.2 Å². The minimum atomic E-state index is -0.422. The fourth-order valence-electron chi connectivity index (χ4n) is 3.03. The fraction of sp³-hybridized carbons (Fsp3) is 0.733. The van der Waals surface area contributed by atoms with Gasteiger partial charge in [-0.3, -0.25) is 4.79 Å². The van der Waals surface area contributed by atoms with E-state index >= 15 is 0 Å². The van der Waals surface area contributed by atoms with E-state index in [4.69, 9.17) is 10.5 Å². The number of nitrogens with one attached hydrogen (secondary N) is 1. The Hall–Kier alpha value is -1.20. The Morgan fingerprint density at radius 2 is 2.05 bits per heavy atom. The maximum Gasteiger partial charge on any atom is 0.251 e. The van der Waals surface area contributed by atoms with E-state index in [0.717, 1.165) is 31.4 Å². The van der Waals surface area contributed by atoms with Gasteiger partial charge in [0, 0.05) is 24.8 Å². The van der Waals surface area contributed by atoms with Crippen LogP contribution >= 0.6 is 0 Å². The summed E-state index contributed by atoms with van der Waals surface area (Å²) >= 11 is 0. The van der Waals surface area contributed by atoms with Crippen LogP contribution in [0.1, 0.15) is 57.0 Å². The monoisotopic (exact) mass is 279 g/mol. The van der Waals surface area contributed by atoms with E-state index < -0.39 is 5.60 Å². The minimum absolute atomic E-state index is 0.109. The Morgan fingerprint density at radius 1 is 1.35 bits per heavy atom. The molecule has 0 amide bonds. The standard InChI is InChI=1S/C15H25N3O2/c1-2-20-15(8-5-3-4-6-9-15)14-17-12(7-10-16)11-13(19)18-14/h11H,2-10,16H2,1H3,(H,17,18,19). The number of H-pyrrole nitrogens is 1. The Bertz CT molecular complexity index is 476. The molecule has 112 valence electrons. The molecule has 1 aliphatic carbocycles. The average molecular weight is 279 g/mol. The summed E-state index contributed by atoms with van der Waals surface area (Å²) in [4.78, 5) is 19.4. The van der Waals surface area contributed by atoms with Crippen LogP contribution in [0.3, 0.4) is 0 Å². The van der Waals surface area contributed by atoms with Crippen molar-refractivity contribution >= 4 is 0 Å². The van der Waals surface area contributed by atoms with Gasteiger partial charge in [-0.05, 0) is 26.3 Å². The van der Waals surface area contributed by atoms with Crippen molar-refractivity contribution in [1.82, 2.24) is 9.97 Å². The molecular weight excluding hydrogens is 254 g/mol. The first-order valence-corrected chi connectivity index (χ1v) is 7.65. The summed E-state index contributed by atoms with van der Waals surface area (Å²) < 4.78 is 6.06. The van der Waals surface area contributed by atoms with Gasteiger partial charge in [0.2, 0.25) is 0 Å². The molecule has 0 spiro atoms. The molecule has 2 rings (SSSR count). The zero-order valence-electron chi connectivity index (χ0n) is 12.3. The summed E-state index contributed by atoms with van der Waals surface area (Å²) in [7, 11) is 0. The summed E-state index contributed by atoms with van der Waals surface area (Å²) in [6.45, 7) is 3.12. The van der Waals surface area contributed by atoms with Gasteiger partial charge in [0.25, 0.3) is 5.56 Å². The molecule has 0 radical (unpaired) electrons. The predicted molar refractivity (Wildman–Crippen MR) is 78.6 cm³/mol. The lowest BCUT2D eigenvalue weighted by molar-refractivity contribution is -0.0627. The van der Waals surface area contributed by atoms with Gasteiger partial charge in [0.15, 0.2) is 0 Å². The highest BCUT2D eigenvalue weighted by atomic mass is 16.5. The first-order chi connectivity index (χ1) is 9.70. The molecular formula is C15H25N3O2. The van der Waals surface area contributed by atoms with E-state index in [1.54, 1.807) is 0 Å². The number of hydrogen-bond donors (Lipinski definition) is 2. The second-order valence-electron chi connectivity index (χ2n) is 5.47. The van der Waals surface area contributed by atoms with E-state index in [1.807, 2.05) is 6.92 Å². The molecule has 5 heteroatoms. The Morgan fingerprint density at radius 3 is 2.65 bits per heavy atom. The maximum atomic E-state index is 11.9. The number of rotatable bonds is 5. The molecule has 0 aliphatic heterocycles. The Labute approximate surface area is 119 Å². The second-order valence-corrected chi connectivity index (χ2v) is 5.47. The summed E-state index contributed by atoms with van der Waals surface area (Å²) in [5, 5.41) is 0. The molecule has 3 N–H and O–H groups in total. The van der Waals surface area contributed by atoms with Crippen LogP contribution in [0.5, 0.6) is 0 Å². The van der Waals surface area contributed by atoms with Crippen LogP contribution < -0.4 is 11.3 Å². The van der Waals surface area contributed by atoms with Crippen molar-refractivity contribution in [2.45, 2.75) is 57.5 Å². The number of aromatic amines is 1. The number of aromatic nitrogens is 2. The molecule has 0 atom stereocenters. The lowest BCUT2D eigenvalue weighted by Crippen LogP contribution is -2.34. The van der Waals surface area contributed by atoms with Gasteiger partial charge in [-0.15, -0.1) is 0 Å². The summed E-state index contributed by atoms with van der Waals surface area (Å²) in [5.41, 5.74) is 5.80. The Balaban J connectivity index is 2.39. The number of hydrogen-bond acceptors (Lipinski definition) is 4. The highest BCUT2D eigenvalue weighted by molar-refractivity contribution is 5.10. The largest absolute Gasteiger partial charge is 0.367 e. The van der Waals surface area contributed by atoms with Crippen LogP contribution in [0.15, 0.2) is 10.9 Å². The van der Waals surface area contributed by atoms with E-state index in [1.165, 1.54) is 18.9 Å². The summed E-state index contributed by atoms with van der Waals surface area (Å²) in [5.74, 6) is 0.692. The van der Waals surface area contributed by atoms with Crippen LogP contribution in [-0.2, 0) is 16.8 Å². The molecule has 0 aromatic carbocycles. The zero-order chi connectivity index (χ0) is 14.4. The molecule has 5 nitrogen and oxygen atoms in total. The van der Waals surface area contributed by atoms with Crippen molar-refractivity contribution < 1.29 is 4.74 Å². The van der Waals surface area contributed by atoms with Gasteiger partial charge >= 0.3 is 0 Å². The van der Waals surface area contributed by atoms with Gasteiger partial charge in [-0.2, -0.15) is 0 Å². The molecule has 1 fully saturated rings. The van der Waals surface area contributed by atoms with E-state index in [0.29, 0.717) is 25.4 Å². The van der Waals surface area contributed by atoms with Gasteiger partial charge in [0.1, 0.15) is 11.4 Å². The van der Waals surface area contributed by atoms with Gasteiger partial charge in [-0.25, -0.2) is 4.98 Å². The molecule has 1 aliphatic rings. The van der Waals surface area contributed by atoms with Crippen LogP contribution in [-0.4, -0.2) is 23.1 Å². The normalized spacial score (nSPS) is 18.7. The van der Waals surface area contributed by atoms with Gasteiger partial charge in [0.05, 0.1) is 0 Å². The lowest BCUT2D eigenvalue weighted by Gasteiger charge is -2.31.